The largest absolute Gasteiger partial charge is 0.326 e. The van der Waals surface area contributed by atoms with Gasteiger partial charge in [0.2, 0.25) is 5.91 Å². The van der Waals surface area contributed by atoms with Crippen molar-refractivity contribution in [2.24, 2.45) is 0 Å². The van der Waals surface area contributed by atoms with E-state index in [4.69, 9.17) is 23.2 Å². The molecule has 1 amide bonds. The van der Waals surface area contributed by atoms with E-state index in [9.17, 15) is 14.4 Å². The van der Waals surface area contributed by atoms with Crippen molar-refractivity contribution in [1.82, 2.24) is 0 Å². The minimum absolute atomic E-state index is 0.164. The maximum Gasteiger partial charge on any atom is 0.221 e. The van der Waals surface area contributed by atoms with Crippen LogP contribution in [-0.2, 0) is 4.79 Å². The highest BCUT2D eigenvalue weighted by Gasteiger charge is 2.14. The molecular weight excluding hydrogens is 277 g/mol. The van der Waals surface area contributed by atoms with Crippen LogP contribution in [0.1, 0.15) is 27.6 Å². The van der Waals surface area contributed by atoms with Gasteiger partial charge in [-0.25, -0.2) is 0 Å². The monoisotopic (exact) mass is 287 g/mol. The Bertz CT molecular complexity index is 500. The number of anilines is 1. The quantitative estimate of drug-likeness (QED) is 0.668. The molecule has 0 saturated carbocycles. The second-order valence-electron chi connectivity index (χ2n) is 3.56. The summed E-state index contributed by atoms with van der Waals surface area (Å²) in [5.74, 6) is -1.31. The molecule has 1 N–H and O–H groups in total. The summed E-state index contributed by atoms with van der Waals surface area (Å²) in [5, 5.41) is 2.49. The molecule has 0 fully saturated rings. The molecule has 0 heterocycles. The van der Waals surface area contributed by atoms with Crippen LogP contribution in [0.3, 0.4) is 0 Å². The highest BCUT2D eigenvalue weighted by molar-refractivity contribution is 6.32. The second-order valence-corrected chi connectivity index (χ2v) is 4.09. The number of benzene rings is 1. The van der Waals surface area contributed by atoms with Crippen molar-refractivity contribution >= 4 is 46.4 Å². The first-order valence-corrected chi connectivity index (χ1v) is 6.16. The van der Waals surface area contributed by atoms with Gasteiger partial charge in [0.1, 0.15) is 0 Å². The molecule has 0 atom stereocenters. The van der Waals surface area contributed by atoms with Gasteiger partial charge in [-0.1, -0.05) is 6.07 Å². The van der Waals surface area contributed by atoms with Crippen molar-refractivity contribution in [1.29, 1.82) is 0 Å². The molecule has 0 spiro atoms. The van der Waals surface area contributed by atoms with Crippen LogP contribution >= 0.6 is 23.2 Å². The van der Waals surface area contributed by atoms with Crippen LogP contribution in [0.25, 0.3) is 0 Å². The van der Waals surface area contributed by atoms with Gasteiger partial charge >= 0.3 is 0 Å². The van der Waals surface area contributed by atoms with Crippen LogP contribution in [-0.4, -0.2) is 29.2 Å². The smallest absolute Gasteiger partial charge is 0.221 e. The first-order valence-electron chi connectivity index (χ1n) is 5.09. The third kappa shape index (κ3) is 3.55. The van der Waals surface area contributed by atoms with Gasteiger partial charge in [0.05, 0.1) is 17.4 Å². The summed E-state index contributed by atoms with van der Waals surface area (Å²) in [4.78, 5) is 34.1. The van der Waals surface area contributed by atoms with E-state index in [0.717, 1.165) is 0 Å². The van der Waals surface area contributed by atoms with Crippen molar-refractivity contribution in [3.05, 3.63) is 29.3 Å². The Labute approximate surface area is 114 Å². The molecule has 96 valence electrons. The highest BCUT2D eigenvalue weighted by atomic mass is 35.5. The van der Waals surface area contributed by atoms with E-state index in [1.807, 2.05) is 0 Å². The fourth-order valence-corrected chi connectivity index (χ4v) is 1.70. The first kappa shape index (κ1) is 14.7. The summed E-state index contributed by atoms with van der Waals surface area (Å²) in [7, 11) is 0. The maximum absolute atomic E-state index is 11.6. The van der Waals surface area contributed by atoms with Crippen molar-refractivity contribution < 1.29 is 14.4 Å². The van der Waals surface area contributed by atoms with E-state index in [0.29, 0.717) is 5.56 Å². The fourth-order valence-electron chi connectivity index (χ4n) is 1.40. The number of carbonyl (C=O) groups excluding carboxylic acids is 3. The molecule has 0 unspecified atom stereocenters. The Hall–Kier alpha value is -1.39. The lowest BCUT2D eigenvalue weighted by Gasteiger charge is -2.09. The normalized spacial score (nSPS) is 9.94. The summed E-state index contributed by atoms with van der Waals surface area (Å²) in [5.41, 5.74) is 0.871. The third-order valence-electron chi connectivity index (χ3n) is 2.20. The topological polar surface area (TPSA) is 63.2 Å². The number of Topliss-reactive ketones (excluding diaryl/α,β-unsaturated/α-hetero) is 2. The molecule has 0 aliphatic rings. The summed E-state index contributed by atoms with van der Waals surface area (Å²) >= 11 is 10.9. The molecule has 6 heteroatoms. The van der Waals surface area contributed by atoms with Crippen LogP contribution in [0, 0.1) is 0 Å². The number of alkyl halides is 2. The molecule has 0 saturated heterocycles. The number of hydrogen-bond donors (Lipinski definition) is 1. The van der Waals surface area contributed by atoms with Gasteiger partial charge in [0, 0.05) is 18.1 Å². The van der Waals surface area contributed by atoms with E-state index in [1.165, 1.54) is 25.1 Å². The minimum atomic E-state index is -0.339. The Morgan fingerprint density at radius 3 is 2.22 bits per heavy atom. The number of rotatable bonds is 5. The zero-order valence-corrected chi connectivity index (χ0v) is 11.1. The third-order valence-corrected chi connectivity index (χ3v) is 2.68. The van der Waals surface area contributed by atoms with E-state index < -0.39 is 0 Å². The van der Waals surface area contributed by atoms with Crippen LogP contribution in [0.2, 0.25) is 0 Å². The Kier molecular flexibility index (Phi) is 5.31. The number of nitrogens with one attached hydrogen (secondary N) is 1. The van der Waals surface area contributed by atoms with E-state index in [2.05, 4.69) is 5.32 Å². The number of ketones is 2. The van der Waals surface area contributed by atoms with Gasteiger partial charge in [-0.2, -0.15) is 0 Å². The standard InChI is InChI=1S/C12H11Cl2NO3/c1-7(16)15-10-4-8(11(17)5-13)2-3-9(10)12(18)6-14/h2-4H,5-6H2,1H3,(H,15,16). The van der Waals surface area contributed by atoms with Gasteiger partial charge in [-0.15, -0.1) is 23.2 Å². The molecule has 1 aromatic carbocycles. The highest BCUT2D eigenvalue weighted by Crippen LogP contribution is 2.20. The first-order chi connectivity index (χ1) is 8.49. The molecule has 0 bridgehead atoms. The van der Waals surface area contributed by atoms with Gasteiger partial charge in [-0.3, -0.25) is 14.4 Å². The molecule has 4 nitrogen and oxygen atoms in total. The summed E-state index contributed by atoms with van der Waals surface area (Å²) in [6.07, 6.45) is 0. The summed E-state index contributed by atoms with van der Waals surface area (Å²) in [6.45, 7) is 1.31. The van der Waals surface area contributed by atoms with Crippen molar-refractivity contribution in [3.8, 4) is 0 Å². The minimum Gasteiger partial charge on any atom is -0.326 e. The van der Waals surface area contributed by atoms with Crippen molar-refractivity contribution in [2.75, 3.05) is 17.1 Å². The van der Waals surface area contributed by atoms with E-state index in [-0.39, 0.29) is 40.5 Å². The summed E-state index contributed by atoms with van der Waals surface area (Å²) < 4.78 is 0. The molecule has 0 aliphatic carbocycles. The number of halogens is 2. The summed E-state index contributed by atoms with van der Waals surface area (Å²) in [6, 6.07) is 4.36. The van der Waals surface area contributed by atoms with Crippen molar-refractivity contribution in [3.63, 3.8) is 0 Å². The van der Waals surface area contributed by atoms with Crippen LogP contribution in [0.15, 0.2) is 18.2 Å². The Balaban J connectivity index is 3.24. The molecule has 0 aromatic heterocycles. The average Bonchev–Trinajstić information content (AvgIpc) is 2.36. The van der Waals surface area contributed by atoms with Gasteiger partial charge < -0.3 is 5.32 Å². The number of carbonyl (C=O) groups is 3. The number of hydrogen-bond acceptors (Lipinski definition) is 3. The molecular formula is C12H11Cl2NO3. The molecule has 1 aromatic rings. The predicted molar refractivity (Wildman–Crippen MR) is 70.8 cm³/mol. The van der Waals surface area contributed by atoms with E-state index >= 15 is 0 Å². The van der Waals surface area contributed by atoms with Crippen LogP contribution < -0.4 is 5.32 Å². The number of amides is 1. The Morgan fingerprint density at radius 2 is 1.72 bits per heavy atom. The SMILES string of the molecule is CC(=O)Nc1cc(C(=O)CCl)ccc1C(=O)CCl. The lowest BCUT2D eigenvalue weighted by atomic mass is 10.0. The zero-order chi connectivity index (χ0) is 13.7. The molecule has 0 aliphatic heterocycles. The van der Waals surface area contributed by atoms with E-state index in [1.54, 1.807) is 0 Å². The van der Waals surface area contributed by atoms with Gasteiger partial charge in [0.25, 0.3) is 0 Å². The Morgan fingerprint density at radius 1 is 1.11 bits per heavy atom. The van der Waals surface area contributed by atoms with Crippen LogP contribution in [0.5, 0.6) is 0 Å². The average molecular weight is 288 g/mol. The predicted octanol–water partition coefficient (Wildman–Crippen LogP) is 2.49. The lowest BCUT2D eigenvalue weighted by Crippen LogP contribution is -2.13. The van der Waals surface area contributed by atoms with Crippen LogP contribution in [0.4, 0.5) is 5.69 Å². The molecule has 0 radical (unpaired) electrons. The second kappa shape index (κ2) is 6.52. The fraction of sp³-hybridized carbons (Fsp3) is 0.250. The lowest BCUT2D eigenvalue weighted by molar-refractivity contribution is -0.114. The van der Waals surface area contributed by atoms with Gasteiger partial charge in [0.15, 0.2) is 11.6 Å². The molecule has 18 heavy (non-hydrogen) atoms. The van der Waals surface area contributed by atoms with Crippen molar-refractivity contribution in [2.45, 2.75) is 6.92 Å². The maximum atomic E-state index is 11.6. The van der Waals surface area contributed by atoms with Gasteiger partial charge in [-0.05, 0) is 12.1 Å². The molecule has 1 rings (SSSR count). The zero-order valence-electron chi connectivity index (χ0n) is 9.63.